The van der Waals surface area contributed by atoms with Crippen molar-refractivity contribution >= 4 is 23.4 Å². The summed E-state index contributed by atoms with van der Waals surface area (Å²) in [7, 11) is 0. The number of hydrogen-bond donors (Lipinski definition) is 1. The van der Waals surface area contributed by atoms with Crippen LogP contribution in [0.5, 0.6) is 0 Å². The van der Waals surface area contributed by atoms with E-state index in [0.29, 0.717) is 30.2 Å². The molecule has 9 heteroatoms. The molecule has 0 bridgehead atoms. The van der Waals surface area contributed by atoms with Crippen molar-refractivity contribution in [2.24, 2.45) is 0 Å². The Labute approximate surface area is 182 Å². The summed E-state index contributed by atoms with van der Waals surface area (Å²) in [5, 5.41) is 3.39. The average Bonchev–Trinajstić information content (AvgIpc) is 3.15. The van der Waals surface area contributed by atoms with Gasteiger partial charge in [0.2, 0.25) is 0 Å². The zero-order valence-electron chi connectivity index (χ0n) is 16.5. The van der Waals surface area contributed by atoms with Gasteiger partial charge in [-0.15, -0.1) is 0 Å². The smallest absolute Gasteiger partial charge is 0.336 e. The van der Waals surface area contributed by atoms with Gasteiger partial charge in [0, 0.05) is 28.7 Å². The molecule has 2 saturated heterocycles. The zero-order valence-corrected chi connectivity index (χ0v) is 17.3. The van der Waals surface area contributed by atoms with Gasteiger partial charge in [-0.2, -0.15) is 13.2 Å². The number of halogens is 4. The topological polar surface area (TPSA) is 52.7 Å². The van der Waals surface area contributed by atoms with Crippen LogP contribution in [0.1, 0.15) is 45.5 Å². The molecule has 5 nitrogen and oxygen atoms in total. The third-order valence-corrected chi connectivity index (χ3v) is 6.09. The van der Waals surface area contributed by atoms with Crippen molar-refractivity contribution in [2.45, 2.75) is 37.6 Å². The number of amides is 2. The van der Waals surface area contributed by atoms with Gasteiger partial charge in [-0.1, -0.05) is 17.7 Å². The van der Waals surface area contributed by atoms with Gasteiger partial charge in [-0.25, -0.2) is 0 Å². The van der Waals surface area contributed by atoms with Crippen LogP contribution in [0.15, 0.2) is 48.5 Å². The van der Waals surface area contributed by atoms with Gasteiger partial charge in [0.05, 0.1) is 18.4 Å². The monoisotopic (exact) mass is 451 g/mol. The Kier molecular flexibility index (Phi) is 5.94. The second-order valence-corrected chi connectivity index (χ2v) is 8.26. The van der Waals surface area contributed by atoms with Gasteiger partial charge in [-0.05, 0) is 61.7 Å². The zero-order chi connectivity index (χ0) is 22.2. The summed E-state index contributed by atoms with van der Waals surface area (Å²) in [4.78, 5) is 29.2. The van der Waals surface area contributed by atoms with E-state index < -0.39 is 17.6 Å². The molecular weight excluding hydrogens is 431 g/mol. The summed E-state index contributed by atoms with van der Waals surface area (Å²) in [5.74, 6) is -0.678. The number of carbonyl (C=O) groups excluding carboxylic acids is 2. The lowest BCUT2D eigenvalue weighted by Gasteiger charge is -2.40. The number of hydrogen-bond acceptors (Lipinski definition) is 3. The maximum absolute atomic E-state index is 13.0. The Morgan fingerprint density at radius 2 is 1.74 bits per heavy atom. The predicted molar refractivity (Wildman–Crippen MR) is 110 cm³/mol. The first kappa shape index (κ1) is 21.6. The number of alkyl halides is 3. The minimum absolute atomic E-state index is 0.0376. The molecule has 2 heterocycles. The average molecular weight is 452 g/mol. The van der Waals surface area contributed by atoms with Gasteiger partial charge in [0.1, 0.15) is 0 Å². The van der Waals surface area contributed by atoms with Crippen LogP contribution in [0, 0.1) is 0 Å². The highest BCUT2D eigenvalue weighted by Gasteiger charge is 2.39. The van der Waals surface area contributed by atoms with E-state index in [2.05, 4.69) is 5.32 Å². The second kappa shape index (κ2) is 8.51. The predicted octanol–water partition coefficient (Wildman–Crippen LogP) is 4.38. The molecule has 4 rings (SSSR count). The second-order valence-electron chi connectivity index (χ2n) is 7.82. The van der Waals surface area contributed by atoms with E-state index in [0.717, 1.165) is 25.0 Å². The van der Waals surface area contributed by atoms with Gasteiger partial charge >= 0.3 is 6.18 Å². The molecule has 2 aromatic rings. The molecule has 31 heavy (non-hydrogen) atoms. The molecule has 2 aromatic carbocycles. The van der Waals surface area contributed by atoms with Crippen molar-refractivity contribution < 1.29 is 22.8 Å². The van der Waals surface area contributed by atoms with Gasteiger partial charge in [0.15, 0.2) is 0 Å². The summed E-state index contributed by atoms with van der Waals surface area (Å²) < 4.78 is 38.9. The van der Waals surface area contributed by atoms with Crippen LogP contribution >= 0.6 is 11.6 Å². The lowest BCUT2D eigenvalue weighted by molar-refractivity contribution is -0.137. The van der Waals surface area contributed by atoms with E-state index in [4.69, 9.17) is 11.6 Å². The van der Waals surface area contributed by atoms with Crippen molar-refractivity contribution in [1.29, 1.82) is 0 Å². The van der Waals surface area contributed by atoms with Crippen LogP contribution in [0.25, 0.3) is 0 Å². The van der Waals surface area contributed by atoms with E-state index in [-0.39, 0.29) is 23.7 Å². The highest BCUT2D eigenvalue weighted by molar-refractivity contribution is 6.30. The van der Waals surface area contributed by atoms with Crippen molar-refractivity contribution in [1.82, 2.24) is 15.1 Å². The summed E-state index contributed by atoms with van der Waals surface area (Å²) >= 11 is 5.89. The Bertz CT molecular complexity index is 981. The van der Waals surface area contributed by atoms with Crippen LogP contribution in [0.2, 0.25) is 5.02 Å². The Balaban J connectivity index is 1.44. The number of nitrogens with one attached hydrogen (secondary N) is 1. The standard InChI is InChI=1S/C22H21ClF3N3O2/c23-17-6-4-14(5-7-17)21(31)28-11-10-18-8-9-19(29(18)13-28)27-20(30)15-2-1-3-16(12-15)22(24,25)26/h1-7,12,18-19H,8-11,13H2,(H,27,30)/t18-,19-/m0/s1. The highest BCUT2D eigenvalue weighted by Crippen LogP contribution is 2.31. The maximum Gasteiger partial charge on any atom is 0.416 e. The van der Waals surface area contributed by atoms with Gasteiger partial charge in [-0.3, -0.25) is 14.5 Å². The molecule has 0 unspecified atom stereocenters. The summed E-state index contributed by atoms with van der Waals surface area (Å²) in [6.45, 7) is 0.955. The Morgan fingerprint density at radius 3 is 2.45 bits per heavy atom. The number of nitrogens with zero attached hydrogens (tertiary/aromatic N) is 2. The number of benzene rings is 2. The molecule has 2 amide bonds. The number of fused-ring (bicyclic) bond motifs is 1. The first-order valence-corrected chi connectivity index (χ1v) is 10.4. The Hall–Kier alpha value is -2.58. The van der Waals surface area contributed by atoms with Gasteiger partial charge in [0.25, 0.3) is 11.8 Å². The van der Waals surface area contributed by atoms with Crippen LogP contribution in [0.3, 0.4) is 0 Å². The first-order chi connectivity index (χ1) is 14.7. The third kappa shape index (κ3) is 4.70. The molecule has 0 radical (unpaired) electrons. The van der Waals surface area contributed by atoms with Crippen molar-refractivity contribution in [2.75, 3.05) is 13.2 Å². The molecule has 2 atom stereocenters. The van der Waals surface area contributed by atoms with Crippen molar-refractivity contribution in [3.63, 3.8) is 0 Å². The Morgan fingerprint density at radius 1 is 1.00 bits per heavy atom. The normalized spacial score (nSPS) is 21.6. The summed E-state index contributed by atoms with van der Waals surface area (Å²) in [6.07, 6.45) is -2.54. The minimum Gasteiger partial charge on any atom is -0.336 e. The van der Waals surface area contributed by atoms with Crippen molar-refractivity contribution in [3.8, 4) is 0 Å². The van der Waals surface area contributed by atoms with Gasteiger partial charge < -0.3 is 10.2 Å². The van der Waals surface area contributed by atoms with Crippen LogP contribution in [-0.4, -0.2) is 47.0 Å². The lowest BCUT2D eigenvalue weighted by atomic mass is 10.1. The molecule has 164 valence electrons. The first-order valence-electron chi connectivity index (χ1n) is 10.0. The molecule has 2 fully saturated rings. The minimum atomic E-state index is -4.51. The van der Waals surface area contributed by atoms with Crippen molar-refractivity contribution in [3.05, 3.63) is 70.2 Å². The SMILES string of the molecule is O=C(N[C@@H]1CC[C@H]2CCN(C(=O)c3ccc(Cl)cc3)CN21)c1cccc(C(F)(F)F)c1. The maximum atomic E-state index is 13.0. The molecule has 1 N–H and O–H groups in total. The van der Waals surface area contributed by atoms with E-state index in [1.54, 1.807) is 29.2 Å². The summed E-state index contributed by atoms with van der Waals surface area (Å²) in [6, 6.07) is 11.3. The molecule has 0 spiro atoms. The highest BCUT2D eigenvalue weighted by atomic mass is 35.5. The molecule has 2 aliphatic heterocycles. The fourth-order valence-electron chi connectivity index (χ4n) is 4.20. The molecule has 0 aromatic heterocycles. The molecular formula is C22H21ClF3N3O2. The molecule has 2 aliphatic rings. The fraction of sp³-hybridized carbons (Fsp3) is 0.364. The summed E-state index contributed by atoms with van der Waals surface area (Å²) in [5.41, 5.74) is -0.363. The number of carbonyl (C=O) groups is 2. The third-order valence-electron chi connectivity index (χ3n) is 5.84. The fourth-order valence-corrected chi connectivity index (χ4v) is 4.33. The van der Waals surface area contributed by atoms with E-state index in [9.17, 15) is 22.8 Å². The number of rotatable bonds is 3. The van der Waals surface area contributed by atoms with Crippen LogP contribution in [-0.2, 0) is 6.18 Å². The van der Waals surface area contributed by atoms with E-state index in [1.165, 1.54) is 12.1 Å². The molecule has 0 saturated carbocycles. The van der Waals surface area contributed by atoms with Crippen LogP contribution < -0.4 is 5.32 Å². The largest absolute Gasteiger partial charge is 0.416 e. The molecule has 0 aliphatic carbocycles. The van der Waals surface area contributed by atoms with E-state index in [1.807, 2.05) is 4.90 Å². The quantitative estimate of drug-likeness (QED) is 0.753. The van der Waals surface area contributed by atoms with E-state index >= 15 is 0 Å². The lowest BCUT2D eigenvalue weighted by Crippen LogP contribution is -2.56. The van der Waals surface area contributed by atoms with Crippen LogP contribution in [0.4, 0.5) is 13.2 Å².